The van der Waals surface area contributed by atoms with Crippen molar-refractivity contribution in [3.8, 4) is 11.5 Å². The van der Waals surface area contributed by atoms with Crippen LogP contribution in [0.2, 0.25) is 0 Å². The summed E-state index contributed by atoms with van der Waals surface area (Å²) in [4.78, 5) is 17.9. The first kappa shape index (κ1) is 16.3. The molecule has 1 fully saturated rings. The highest BCUT2D eigenvalue weighted by molar-refractivity contribution is 5.91. The highest BCUT2D eigenvalue weighted by Gasteiger charge is 2.15. The maximum absolute atomic E-state index is 11.9. The van der Waals surface area contributed by atoms with Crippen molar-refractivity contribution < 1.29 is 14.3 Å². The molecule has 1 aromatic heterocycles. The molecule has 0 saturated carbocycles. The average Bonchev–Trinajstić information content (AvgIpc) is 2.98. The van der Waals surface area contributed by atoms with Crippen molar-refractivity contribution >= 4 is 24.4 Å². The molecule has 0 aromatic carbocycles. The number of carbonyl (C=O) groups is 1. The lowest BCUT2D eigenvalue weighted by molar-refractivity contribution is -0.124. The molecule has 0 unspecified atom stereocenters. The van der Waals surface area contributed by atoms with Gasteiger partial charge in [-0.2, -0.15) is 0 Å². The maximum Gasteiger partial charge on any atom is 0.246 e. The largest absolute Gasteiger partial charge is 0.493 e. The van der Waals surface area contributed by atoms with E-state index in [1.807, 2.05) is 4.90 Å². The van der Waals surface area contributed by atoms with E-state index in [1.54, 1.807) is 38.6 Å². The normalized spacial score (nSPS) is 14.2. The van der Waals surface area contributed by atoms with Gasteiger partial charge in [-0.15, -0.1) is 12.4 Å². The number of amides is 1. The van der Waals surface area contributed by atoms with Crippen LogP contribution in [-0.2, 0) is 4.79 Å². The summed E-state index contributed by atoms with van der Waals surface area (Å²) in [6.45, 7) is 1.70. The predicted molar refractivity (Wildman–Crippen MR) is 79.4 cm³/mol. The van der Waals surface area contributed by atoms with E-state index in [9.17, 15) is 4.79 Å². The fraction of sp³-hybridized carbons (Fsp3) is 0.429. The first-order chi connectivity index (χ1) is 9.24. The quantitative estimate of drug-likeness (QED) is 0.799. The molecule has 2 rings (SSSR count). The first-order valence-electron chi connectivity index (χ1n) is 6.29. The van der Waals surface area contributed by atoms with E-state index < -0.39 is 0 Å². The predicted octanol–water partition coefficient (Wildman–Crippen LogP) is 2.16. The molecule has 1 saturated heterocycles. The molecule has 0 atom stereocenters. The third-order valence-electron chi connectivity index (χ3n) is 3.11. The van der Waals surface area contributed by atoms with Crippen LogP contribution in [0.1, 0.15) is 18.5 Å². The minimum absolute atomic E-state index is 0. The number of carbonyl (C=O) groups excluding carboxylic acids is 1. The Morgan fingerprint density at radius 1 is 1.25 bits per heavy atom. The Balaban J connectivity index is 0.00000200. The van der Waals surface area contributed by atoms with Gasteiger partial charge in [-0.05, 0) is 18.9 Å². The summed E-state index contributed by atoms with van der Waals surface area (Å²) in [5.41, 5.74) is 0.671. The number of halogens is 1. The summed E-state index contributed by atoms with van der Waals surface area (Å²) in [5.74, 6) is 1.21. The fourth-order valence-electron chi connectivity index (χ4n) is 2.04. The van der Waals surface area contributed by atoms with E-state index in [0.717, 1.165) is 25.9 Å². The highest BCUT2D eigenvalue weighted by Crippen LogP contribution is 2.26. The van der Waals surface area contributed by atoms with E-state index in [-0.39, 0.29) is 18.3 Å². The van der Waals surface area contributed by atoms with Crippen LogP contribution >= 0.6 is 12.4 Å². The molecular formula is C14H19ClN2O3. The molecule has 110 valence electrons. The van der Waals surface area contributed by atoms with Crippen LogP contribution in [0.15, 0.2) is 18.3 Å². The molecule has 1 aliphatic heterocycles. The van der Waals surface area contributed by atoms with Crippen molar-refractivity contribution in [3.05, 3.63) is 24.0 Å². The molecule has 0 aliphatic carbocycles. The third-order valence-corrected chi connectivity index (χ3v) is 3.11. The number of rotatable bonds is 4. The summed E-state index contributed by atoms with van der Waals surface area (Å²) in [7, 11) is 3.13. The maximum atomic E-state index is 11.9. The van der Waals surface area contributed by atoms with Gasteiger partial charge >= 0.3 is 0 Å². The van der Waals surface area contributed by atoms with Crippen molar-refractivity contribution in [3.63, 3.8) is 0 Å². The van der Waals surface area contributed by atoms with E-state index in [0.29, 0.717) is 17.2 Å². The van der Waals surface area contributed by atoms with Crippen molar-refractivity contribution in [2.75, 3.05) is 27.3 Å². The number of aromatic nitrogens is 1. The van der Waals surface area contributed by atoms with E-state index in [2.05, 4.69) is 4.98 Å². The van der Waals surface area contributed by atoms with Crippen LogP contribution in [0.3, 0.4) is 0 Å². The third kappa shape index (κ3) is 3.87. The number of hydrogen-bond donors (Lipinski definition) is 0. The van der Waals surface area contributed by atoms with E-state index >= 15 is 0 Å². The molecule has 0 radical (unpaired) electrons. The number of likely N-dealkylation sites (tertiary alicyclic amines) is 1. The smallest absolute Gasteiger partial charge is 0.246 e. The van der Waals surface area contributed by atoms with Crippen LogP contribution in [-0.4, -0.2) is 43.1 Å². The zero-order valence-electron chi connectivity index (χ0n) is 11.7. The summed E-state index contributed by atoms with van der Waals surface area (Å²) in [6.07, 6.45) is 7.02. The monoisotopic (exact) mass is 298 g/mol. The van der Waals surface area contributed by atoms with Gasteiger partial charge in [-0.25, -0.2) is 0 Å². The van der Waals surface area contributed by atoms with Gasteiger partial charge in [-0.3, -0.25) is 9.78 Å². The number of ether oxygens (including phenoxy) is 2. The Morgan fingerprint density at radius 3 is 2.50 bits per heavy atom. The average molecular weight is 299 g/mol. The second-order valence-electron chi connectivity index (χ2n) is 4.33. The Labute approximate surface area is 125 Å². The molecule has 1 aliphatic rings. The summed E-state index contributed by atoms with van der Waals surface area (Å²) < 4.78 is 10.3. The minimum atomic E-state index is 0. The zero-order chi connectivity index (χ0) is 13.7. The second kappa shape index (κ2) is 7.75. The Hall–Kier alpha value is -1.75. The van der Waals surface area contributed by atoms with Gasteiger partial charge < -0.3 is 14.4 Å². The van der Waals surface area contributed by atoms with Gasteiger partial charge in [0.05, 0.1) is 26.1 Å². The number of pyridine rings is 1. The fourth-order valence-corrected chi connectivity index (χ4v) is 2.04. The number of nitrogens with zero attached hydrogens (tertiary/aromatic N) is 2. The van der Waals surface area contributed by atoms with Crippen LogP contribution in [0.25, 0.3) is 6.08 Å². The summed E-state index contributed by atoms with van der Waals surface area (Å²) in [6, 6.07) is 1.74. The standard InChI is InChI=1S/C14H18N2O3.ClH/c1-18-12-9-11(15-10-13(12)19-2)5-6-14(17)16-7-3-4-8-16;/h5-6,9-10H,3-4,7-8H2,1-2H3;1H. The molecule has 5 nitrogen and oxygen atoms in total. The number of methoxy groups -OCH3 is 2. The van der Waals surface area contributed by atoms with Crippen LogP contribution in [0.5, 0.6) is 11.5 Å². The van der Waals surface area contributed by atoms with Gasteiger partial charge in [-0.1, -0.05) is 0 Å². The molecular weight excluding hydrogens is 280 g/mol. The van der Waals surface area contributed by atoms with Crippen LogP contribution in [0, 0.1) is 0 Å². The van der Waals surface area contributed by atoms with Crippen LogP contribution in [0.4, 0.5) is 0 Å². The van der Waals surface area contributed by atoms with Gasteiger partial charge in [0.2, 0.25) is 5.91 Å². The molecule has 0 spiro atoms. The van der Waals surface area contributed by atoms with Gasteiger partial charge in [0.1, 0.15) is 0 Å². The second-order valence-corrected chi connectivity index (χ2v) is 4.33. The van der Waals surface area contributed by atoms with Crippen molar-refractivity contribution in [2.24, 2.45) is 0 Å². The number of hydrogen-bond acceptors (Lipinski definition) is 4. The van der Waals surface area contributed by atoms with E-state index in [1.165, 1.54) is 0 Å². The highest BCUT2D eigenvalue weighted by atomic mass is 35.5. The lowest BCUT2D eigenvalue weighted by Crippen LogP contribution is -2.25. The Morgan fingerprint density at radius 2 is 1.90 bits per heavy atom. The Kier molecular flexibility index (Phi) is 6.31. The van der Waals surface area contributed by atoms with E-state index in [4.69, 9.17) is 9.47 Å². The molecule has 2 heterocycles. The lowest BCUT2D eigenvalue weighted by atomic mass is 10.3. The molecule has 20 heavy (non-hydrogen) atoms. The van der Waals surface area contributed by atoms with Gasteiger partial charge in [0, 0.05) is 25.2 Å². The van der Waals surface area contributed by atoms with Crippen molar-refractivity contribution in [1.29, 1.82) is 0 Å². The lowest BCUT2D eigenvalue weighted by Gasteiger charge is -2.11. The molecule has 1 aromatic rings. The molecule has 6 heteroatoms. The summed E-state index contributed by atoms with van der Waals surface area (Å²) >= 11 is 0. The topological polar surface area (TPSA) is 51.7 Å². The van der Waals surface area contributed by atoms with Gasteiger partial charge in [0.25, 0.3) is 0 Å². The van der Waals surface area contributed by atoms with Crippen LogP contribution < -0.4 is 9.47 Å². The summed E-state index contributed by atoms with van der Waals surface area (Å²) in [5, 5.41) is 0. The van der Waals surface area contributed by atoms with Gasteiger partial charge in [0.15, 0.2) is 11.5 Å². The molecule has 0 bridgehead atoms. The first-order valence-corrected chi connectivity index (χ1v) is 6.29. The molecule has 1 amide bonds. The SMILES string of the molecule is COc1cnc(C=CC(=O)N2CCCC2)cc1OC.Cl. The minimum Gasteiger partial charge on any atom is -0.493 e. The molecule has 0 N–H and O–H groups in total. The zero-order valence-corrected chi connectivity index (χ0v) is 12.5. The Bertz CT molecular complexity index is 485. The van der Waals surface area contributed by atoms with Crippen molar-refractivity contribution in [1.82, 2.24) is 9.88 Å². The van der Waals surface area contributed by atoms with Crippen molar-refractivity contribution in [2.45, 2.75) is 12.8 Å².